The Labute approximate surface area is 152 Å². The molecule has 2 nitrogen and oxygen atoms in total. The molecule has 1 heterocycles. The van der Waals surface area contributed by atoms with E-state index in [9.17, 15) is 4.79 Å². The van der Waals surface area contributed by atoms with Gasteiger partial charge in [0.1, 0.15) is 5.25 Å². The van der Waals surface area contributed by atoms with Crippen molar-refractivity contribution in [1.82, 2.24) is 0 Å². The molecule has 0 radical (unpaired) electrons. The zero-order valence-corrected chi connectivity index (χ0v) is 15.3. The van der Waals surface area contributed by atoms with Crippen molar-refractivity contribution in [2.24, 2.45) is 0 Å². The molecule has 1 unspecified atom stereocenters. The summed E-state index contributed by atoms with van der Waals surface area (Å²) in [7, 11) is 0. The van der Waals surface area contributed by atoms with E-state index < -0.39 is 0 Å². The van der Waals surface area contributed by atoms with Gasteiger partial charge < -0.3 is 4.74 Å². The van der Waals surface area contributed by atoms with Gasteiger partial charge in [-0.15, -0.1) is 11.8 Å². The topological polar surface area (TPSA) is 26.3 Å². The SMILES string of the molecule is Cc1c2ccccc2c(CSC2CCCCOC2=O)c2ccccc12. The maximum atomic E-state index is 12.2. The van der Waals surface area contributed by atoms with Crippen LogP contribution in [0.3, 0.4) is 0 Å². The van der Waals surface area contributed by atoms with Crippen LogP contribution in [0.2, 0.25) is 0 Å². The molecule has 1 saturated heterocycles. The Bertz CT molecular complexity index is 875. The third-order valence-electron chi connectivity index (χ3n) is 5.11. The average molecular weight is 350 g/mol. The first-order chi connectivity index (χ1) is 12.3. The lowest BCUT2D eigenvalue weighted by Crippen LogP contribution is -2.18. The normalized spacial score (nSPS) is 18.3. The van der Waals surface area contributed by atoms with E-state index in [0.29, 0.717) is 6.61 Å². The molecule has 0 N–H and O–H groups in total. The first kappa shape index (κ1) is 16.5. The van der Waals surface area contributed by atoms with E-state index in [1.165, 1.54) is 32.7 Å². The van der Waals surface area contributed by atoms with Gasteiger partial charge in [0, 0.05) is 5.75 Å². The molecule has 25 heavy (non-hydrogen) atoms. The van der Waals surface area contributed by atoms with E-state index in [-0.39, 0.29) is 11.2 Å². The highest BCUT2D eigenvalue weighted by molar-refractivity contribution is 7.99. The predicted octanol–water partition coefficient (Wildman–Crippen LogP) is 5.63. The first-order valence-electron chi connectivity index (χ1n) is 8.93. The molecule has 3 aromatic rings. The monoisotopic (exact) mass is 350 g/mol. The second-order valence-electron chi connectivity index (χ2n) is 6.66. The molecule has 1 fully saturated rings. The van der Waals surface area contributed by atoms with Gasteiger partial charge in [0.2, 0.25) is 0 Å². The largest absolute Gasteiger partial charge is 0.465 e. The van der Waals surface area contributed by atoms with E-state index >= 15 is 0 Å². The fourth-order valence-electron chi connectivity index (χ4n) is 3.74. The van der Waals surface area contributed by atoms with E-state index in [2.05, 4.69) is 55.5 Å². The van der Waals surface area contributed by atoms with Crippen LogP contribution >= 0.6 is 11.8 Å². The third-order valence-corrected chi connectivity index (χ3v) is 6.39. The Hall–Kier alpha value is -2.00. The maximum absolute atomic E-state index is 12.2. The zero-order valence-electron chi connectivity index (χ0n) is 14.5. The molecule has 3 heteroatoms. The number of cyclic esters (lactones) is 1. The number of ether oxygens (including phenoxy) is 1. The summed E-state index contributed by atoms with van der Waals surface area (Å²) in [6.45, 7) is 2.77. The van der Waals surface area contributed by atoms with Gasteiger partial charge in [-0.1, -0.05) is 48.5 Å². The number of rotatable bonds is 3. The van der Waals surface area contributed by atoms with Gasteiger partial charge >= 0.3 is 5.97 Å². The highest BCUT2D eigenvalue weighted by Crippen LogP contribution is 2.36. The summed E-state index contributed by atoms with van der Waals surface area (Å²) < 4.78 is 5.34. The average Bonchev–Trinajstić information content (AvgIpc) is 2.86. The molecular weight excluding hydrogens is 328 g/mol. The minimum atomic E-state index is -0.0404. The number of carbonyl (C=O) groups is 1. The van der Waals surface area contributed by atoms with Crippen LogP contribution in [-0.2, 0) is 15.3 Å². The molecule has 0 spiro atoms. The lowest BCUT2D eigenvalue weighted by atomic mass is 9.93. The van der Waals surface area contributed by atoms with Gasteiger partial charge in [-0.25, -0.2) is 0 Å². The molecule has 0 amide bonds. The molecule has 0 bridgehead atoms. The van der Waals surface area contributed by atoms with Crippen LogP contribution in [0.15, 0.2) is 48.5 Å². The lowest BCUT2D eigenvalue weighted by Gasteiger charge is -2.17. The van der Waals surface area contributed by atoms with Crippen LogP contribution in [0, 0.1) is 6.92 Å². The number of fused-ring (bicyclic) bond motifs is 2. The summed E-state index contributed by atoms with van der Waals surface area (Å²) in [6, 6.07) is 17.2. The minimum Gasteiger partial charge on any atom is -0.465 e. The molecule has 0 saturated carbocycles. The van der Waals surface area contributed by atoms with E-state index in [0.717, 1.165) is 25.0 Å². The van der Waals surface area contributed by atoms with Crippen molar-refractivity contribution in [2.75, 3.05) is 6.61 Å². The van der Waals surface area contributed by atoms with Crippen molar-refractivity contribution >= 4 is 39.3 Å². The van der Waals surface area contributed by atoms with Crippen LogP contribution in [0.25, 0.3) is 21.5 Å². The predicted molar refractivity (Wildman–Crippen MR) is 106 cm³/mol. The Morgan fingerprint density at radius 3 is 2.20 bits per heavy atom. The number of hydrogen-bond acceptors (Lipinski definition) is 3. The molecule has 128 valence electrons. The van der Waals surface area contributed by atoms with Crippen LogP contribution in [-0.4, -0.2) is 17.8 Å². The van der Waals surface area contributed by atoms with Gasteiger partial charge in [0.25, 0.3) is 0 Å². The summed E-state index contributed by atoms with van der Waals surface area (Å²) in [5.74, 6) is 0.796. The van der Waals surface area contributed by atoms with Crippen LogP contribution < -0.4 is 0 Å². The maximum Gasteiger partial charge on any atom is 0.319 e. The van der Waals surface area contributed by atoms with Crippen LogP contribution in [0.4, 0.5) is 0 Å². The van der Waals surface area contributed by atoms with Gasteiger partial charge in [0.15, 0.2) is 0 Å². The molecule has 0 aliphatic carbocycles. The lowest BCUT2D eigenvalue weighted by molar-refractivity contribution is -0.142. The fraction of sp³-hybridized carbons (Fsp3) is 0.318. The summed E-state index contributed by atoms with van der Waals surface area (Å²) in [5.41, 5.74) is 2.66. The number of benzene rings is 3. The van der Waals surface area contributed by atoms with Gasteiger partial charge in [-0.2, -0.15) is 0 Å². The molecule has 1 aliphatic rings. The fourth-order valence-corrected chi connectivity index (χ4v) is 4.96. The molecule has 1 atom stereocenters. The number of hydrogen-bond donors (Lipinski definition) is 0. The van der Waals surface area contributed by atoms with Gasteiger partial charge in [-0.3, -0.25) is 4.79 Å². The number of carbonyl (C=O) groups excluding carboxylic acids is 1. The highest BCUT2D eigenvalue weighted by Gasteiger charge is 2.23. The Morgan fingerprint density at radius 2 is 1.56 bits per heavy atom. The Kier molecular flexibility index (Phi) is 4.67. The number of aryl methyl sites for hydroxylation is 1. The molecular formula is C22H22O2S. The summed E-state index contributed by atoms with van der Waals surface area (Å²) in [5, 5.41) is 5.17. The second-order valence-corrected chi connectivity index (χ2v) is 7.85. The molecule has 3 aromatic carbocycles. The van der Waals surface area contributed by atoms with Gasteiger partial charge in [-0.05, 0) is 58.9 Å². The first-order valence-corrected chi connectivity index (χ1v) is 9.98. The Morgan fingerprint density at radius 1 is 0.960 bits per heavy atom. The number of esters is 1. The molecule has 4 rings (SSSR count). The second kappa shape index (κ2) is 7.09. The van der Waals surface area contributed by atoms with Crippen LogP contribution in [0.5, 0.6) is 0 Å². The van der Waals surface area contributed by atoms with Crippen LogP contribution in [0.1, 0.15) is 30.4 Å². The van der Waals surface area contributed by atoms with E-state index in [1.807, 2.05) is 0 Å². The van der Waals surface area contributed by atoms with Crippen molar-refractivity contribution < 1.29 is 9.53 Å². The van der Waals surface area contributed by atoms with Crippen molar-refractivity contribution in [3.63, 3.8) is 0 Å². The molecule has 0 aromatic heterocycles. The quantitative estimate of drug-likeness (QED) is 0.452. The number of thioether (sulfide) groups is 1. The summed E-state index contributed by atoms with van der Waals surface area (Å²) in [4.78, 5) is 12.2. The standard InChI is InChI=1S/C22H22O2S/c1-15-16-8-2-4-10-18(16)20(19-11-5-3-9-17(15)19)14-25-21-12-6-7-13-24-22(21)23/h2-5,8-11,21H,6-7,12-14H2,1H3. The van der Waals surface area contributed by atoms with Gasteiger partial charge in [0.05, 0.1) is 6.61 Å². The molecule has 1 aliphatic heterocycles. The summed E-state index contributed by atoms with van der Waals surface area (Å²) in [6.07, 6.45) is 2.98. The van der Waals surface area contributed by atoms with Crippen molar-refractivity contribution in [1.29, 1.82) is 0 Å². The highest BCUT2D eigenvalue weighted by atomic mass is 32.2. The zero-order chi connectivity index (χ0) is 17.2. The Balaban J connectivity index is 1.77. The third kappa shape index (κ3) is 3.13. The van der Waals surface area contributed by atoms with E-state index in [4.69, 9.17) is 4.74 Å². The summed E-state index contributed by atoms with van der Waals surface area (Å²) >= 11 is 1.73. The van der Waals surface area contributed by atoms with Crippen molar-refractivity contribution in [3.8, 4) is 0 Å². The van der Waals surface area contributed by atoms with Crippen molar-refractivity contribution in [3.05, 3.63) is 59.7 Å². The van der Waals surface area contributed by atoms with Crippen molar-refractivity contribution in [2.45, 2.75) is 37.2 Å². The smallest absolute Gasteiger partial charge is 0.319 e. The van der Waals surface area contributed by atoms with E-state index in [1.54, 1.807) is 11.8 Å². The minimum absolute atomic E-state index is 0.0387.